The molecule has 132 valence electrons. The molecule has 0 unspecified atom stereocenters. The number of rotatable bonds is 3. The zero-order chi connectivity index (χ0) is 17.9. The van der Waals surface area contributed by atoms with E-state index >= 15 is 0 Å². The van der Waals surface area contributed by atoms with Gasteiger partial charge in [0.05, 0.1) is 0 Å². The first-order chi connectivity index (χ1) is 12.7. The van der Waals surface area contributed by atoms with Crippen molar-refractivity contribution in [2.24, 2.45) is 0 Å². The molecule has 5 nitrogen and oxygen atoms in total. The van der Waals surface area contributed by atoms with E-state index in [1.807, 2.05) is 24.4 Å². The maximum Gasteiger partial charge on any atom is 0.407 e. The highest BCUT2D eigenvalue weighted by atomic mass is 16.5. The van der Waals surface area contributed by atoms with Gasteiger partial charge in [0.2, 0.25) is 0 Å². The van der Waals surface area contributed by atoms with Crippen LogP contribution in [0.25, 0.3) is 21.9 Å². The summed E-state index contributed by atoms with van der Waals surface area (Å²) in [6, 6.07) is 16.4. The van der Waals surface area contributed by atoms with Gasteiger partial charge >= 0.3 is 6.09 Å². The summed E-state index contributed by atoms with van der Waals surface area (Å²) in [5.41, 5.74) is 2.29. The van der Waals surface area contributed by atoms with E-state index < -0.39 is 6.09 Å². The van der Waals surface area contributed by atoms with Crippen LogP contribution in [0.3, 0.4) is 0 Å². The molecule has 1 saturated heterocycles. The van der Waals surface area contributed by atoms with Gasteiger partial charge in [-0.05, 0) is 40.8 Å². The van der Waals surface area contributed by atoms with E-state index in [1.165, 1.54) is 10.3 Å². The van der Waals surface area contributed by atoms with Crippen LogP contribution in [0.4, 0.5) is 4.79 Å². The Bertz CT molecular complexity index is 916. The summed E-state index contributed by atoms with van der Waals surface area (Å²) in [5.74, 6) is 0.826. The fraction of sp³-hybridized carbons (Fsp3) is 0.238. The second kappa shape index (κ2) is 7.04. The minimum Gasteiger partial charge on any atom is -0.490 e. The molecule has 1 fully saturated rings. The zero-order valence-corrected chi connectivity index (χ0v) is 14.3. The molecular weight excluding hydrogens is 328 g/mol. The molecule has 1 N–H and O–H groups in total. The number of carboxylic acid groups (broad SMARTS) is 1. The number of aromatic nitrogens is 1. The first kappa shape index (κ1) is 16.4. The number of likely N-dealkylation sites (tertiary alicyclic amines) is 1. The summed E-state index contributed by atoms with van der Waals surface area (Å²) in [4.78, 5) is 16.5. The first-order valence-electron chi connectivity index (χ1n) is 8.78. The van der Waals surface area contributed by atoms with Gasteiger partial charge in [-0.1, -0.05) is 24.3 Å². The average molecular weight is 348 g/mol. The molecule has 0 atom stereocenters. The quantitative estimate of drug-likeness (QED) is 0.761. The minimum absolute atomic E-state index is 0.0737. The monoisotopic (exact) mass is 348 g/mol. The van der Waals surface area contributed by atoms with Crippen molar-refractivity contribution in [3.05, 3.63) is 60.9 Å². The fourth-order valence-corrected chi connectivity index (χ4v) is 3.35. The predicted molar refractivity (Wildman–Crippen MR) is 100 cm³/mol. The van der Waals surface area contributed by atoms with Crippen LogP contribution in [0.5, 0.6) is 5.75 Å². The molecule has 0 radical (unpaired) electrons. The van der Waals surface area contributed by atoms with Crippen molar-refractivity contribution in [2.45, 2.75) is 18.9 Å². The third kappa shape index (κ3) is 3.47. The van der Waals surface area contributed by atoms with E-state index in [0.29, 0.717) is 13.1 Å². The summed E-state index contributed by atoms with van der Waals surface area (Å²) in [5, 5.41) is 11.3. The molecule has 2 aromatic carbocycles. The smallest absolute Gasteiger partial charge is 0.407 e. The van der Waals surface area contributed by atoms with Gasteiger partial charge in [-0.25, -0.2) is 4.79 Å². The Morgan fingerprint density at radius 1 is 1.00 bits per heavy atom. The number of piperidine rings is 1. The molecule has 0 spiro atoms. The van der Waals surface area contributed by atoms with Gasteiger partial charge < -0.3 is 14.7 Å². The Labute approximate surface area is 151 Å². The maximum atomic E-state index is 11.0. The van der Waals surface area contributed by atoms with Crippen molar-refractivity contribution in [1.29, 1.82) is 0 Å². The number of nitrogens with zero attached hydrogens (tertiary/aromatic N) is 2. The van der Waals surface area contributed by atoms with E-state index in [1.54, 1.807) is 6.20 Å². The predicted octanol–water partition coefficient (Wildman–Crippen LogP) is 4.42. The molecular formula is C21H20N2O3. The summed E-state index contributed by atoms with van der Waals surface area (Å²) in [6.45, 7) is 1.06. The molecule has 0 aliphatic carbocycles. The minimum atomic E-state index is -0.848. The van der Waals surface area contributed by atoms with E-state index in [4.69, 9.17) is 9.84 Å². The lowest BCUT2D eigenvalue weighted by atomic mass is 10.0. The fourth-order valence-electron chi connectivity index (χ4n) is 3.35. The van der Waals surface area contributed by atoms with Crippen LogP contribution >= 0.6 is 0 Å². The highest BCUT2D eigenvalue weighted by molar-refractivity contribution is 5.86. The van der Waals surface area contributed by atoms with Gasteiger partial charge in [-0.15, -0.1) is 0 Å². The molecule has 2 heterocycles. The molecule has 1 aromatic heterocycles. The number of ether oxygens (including phenoxy) is 1. The first-order valence-corrected chi connectivity index (χ1v) is 8.78. The third-order valence-electron chi connectivity index (χ3n) is 4.84. The molecule has 1 aliphatic rings. The van der Waals surface area contributed by atoms with E-state index in [0.717, 1.165) is 35.1 Å². The highest BCUT2D eigenvalue weighted by Gasteiger charge is 2.23. The van der Waals surface area contributed by atoms with Crippen LogP contribution in [0.15, 0.2) is 60.9 Å². The molecule has 0 bridgehead atoms. The summed E-state index contributed by atoms with van der Waals surface area (Å²) in [7, 11) is 0. The van der Waals surface area contributed by atoms with Crippen LogP contribution < -0.4 is 4.74 Å². The lowest BCUT2D eigenvalue weighted by Crippen LogP contribution is -2.41. The van der Waals surface area contributed by atoms with Crippen molar-refractivity contribution in [1.82, 2.24) is 9.88 Å². The van der Waals surface area contributed by atoms with Crippen LogP contribution in [0, 0.1) is 0 Å². The van der Waals surface area contributed by atoms with Gasteiger partial charge in [0, 0.05) is 43.7 Å². The molecule has 4 rings (SSSR count). The molecule has 1 amide bonds. The normalized spacial score (nSPS) is 15.2. The SMILES string of the molecule is O=C(O)N1CCC(Oc2ccc(-c3ccc4cnccc4c3)cc2)CC1. The second-order valence-corrected chi connectivity index (χ2v) is 6.55. The van der Waals surface area contributed by atoms with Crippen LogP contribution in [-0.4, -0.2) is 40.3 Å². The van der Waals surface area contributed by atoms with Crippen LogP contribution in [-0.2, 0) is 0 Å². The Hall–Kier alpha value is -3.08. The molecule has 26 heavy (non-hydrogen) atoms. The topological polar surface area (TPSA) is 62.7 Å². The number of benzene rings is 2. The Morgan fingerprint density at radius 2 is 1.73 bits per heavy atom. The van der Waals surface area contributed by atoms with Crippen molar-refractivity contribution in [2.75, 3.05) is 13.1 Å². The van der Waals surface area contributed by atoms with Crippen molar-refractivity contribution in [3.8, 4) is 16.9 Å². The van der Waals surface area contributed by atoms with Crippen molar-refractivity contribution < 1.29 is 14.6 Å². The van der Waals surface area contributed by atoms with Crippen molar-refractivity contribution >= 4 is 16.9 Å². The molecule has 3 aromatic rings. The van der Waals surface area contributed by atoms with E-state index in [9.17, 15) is 4.79 Å². The Balaban J connectivity index is 1.44. The van der Waals surface area contributed by atoms with E-state index in [2.05, 4.69) is 35.3 Å². The lowest BCUT2D eigenvalue weighted by molar-refractivity contribution is 0.0895. The average Bonchev–Trinajstić information content (AvgIpc) is 2.68. The van der Waals surface area contributed by atoms with Gasteiger partial charge in [-0.2, -0.15) is 0 Å². The molecule has 5 heteroatoms. The number of fused-ring (bicyclic) bond motifs is 1. The Kier molecular flexibility index (Phi) is 4.44. The summed E-state index contributed by atoms with van der Waals surface area (Å²) in [6.07, 6.45) is 4.35. The zero-order valence-electron chi connectivity index (χ0n) is 14.3. The number of hydrogen-bond acceptors (Lipinski definition) is 3. The number of hydrogen-bond donors (Lipinski definition) is 1. The summed E-state index contributed by atoms with van der Waals surface area (Å²) < 4.78 is 6.02. The standard InChI is InChI=1S/C21H20N2O3/c24-21(25)23-11-8-20(9-12-23)26-19-5-3-15(4-6-19)16-1-2-18-14-22-10-7-17(18)13-16/h1-7,10,13-14,20H,8-9,11-12H2,(H,24,25). The lowest BCUT2D eigenvalue weighted by Gasteiger charge is -2.30. The number of amides is 1. The largest absolute Gasteiger partial charge is 0.490 e. The van der Waals surface area contributed by atoms with E-state index in [-0.39, 0.29) is 6.10 Å². The third-order valence-corrected chi connectivity index (χ3v) is 4.84. The Morgan fingerprint density at radius 3 is 2.46 bits per heavy atom. The van der Waals surface area contributed by atoms with Gasteiger partial charge in [-0.3, -0.25) is 4.98 Å². The highest BCUT2D eigenvalue weighted by Crippen LogP contribution is 2.27. The number of carbonyl (C=O) groups is 1. The summed E-state index contributed by atoms with van der Waals surface area (Å²) >= 11 is 0. The maximum absolute atomic E-state index is 11.0. The van der Waals surface area contributed by atoms with Gasteiger partial charge in [0.25, 0.3) is 0 Å². The van der Waals surface area contributed by atoms with Crippen molar-refractivity contribution in [3.63, 3.8) is 0 Å². The van der Waals surface area contributed by atoms with Gasteiger partial charge in [0.1, 0.15) is 11.9 Å². The number of pyridine rings is 1. The van der Waals surface area contributed by atoms with Gasteiger partial charge in [0.15, 0.2) is 0 Å². The van der Waals surface area contributed by atoms with Crippen LogP contribution in [0.2, 0.25) is 0 Å². The second-order valence-electron chi connectivity index (χ2n) is 6.55. The molecule has 0 saturated carbocycles. The molecule has 1 aliphatic heterocycles. The van der Waals surface area contributed by atoms with Crippen LogP contribution in [0.1, 0.15) is 12.8 Å².